The molecule has 3 heteroatoms. The molecule has 0 saturated carbocycles. The van der Waals surface area contributed by atoms with Crippen LogP contribution in [-0.4, -0.2) is 0 Å². The van der Waals surface area contributed by atoms with E-state index in [4.69, 9.17) is 0 Å². The van der Waals surface area contributed by atoms with Crippen molar-refractivity contribution >= 4 is 0 Å². The Hall–Kier alpha value is 0.254. The van der Waals surface area contributed by atoms with Crippen molar-refractivity contribution < 1.29 is 46.5 Å². The van der Waals surface area contributed by atoms with Crippen LogP contribution in [0.25, 0.3) is 0 Å². The molecule has 0 heterocycles. The smallest absolute Gasteiger partial charge is 1.00 e. The first-order valence-corrected chi connectivity index (χ1v) is 8.39. The average molecular weight is 389 g/mol. The molecule has 0 aromatic carbocycles. The Balaban J connectivity index is -0.000000308. The summed E-state index contributed by atoms with van der Waals surface area (Å²) < 4.78 is 0. The molecule has 2 aliphatic carbocycles. The van der Waals surface area contributed by atoms with Gasteiger partial charge in [-0.25, -0.2) is 23.3 Å². The first-order valence-electron chi connectivity index (χ1n) is 8.39. The molecule has 0 amide bonds. The van der Waals surface area contributed by atoms with Gasteiger partial charge in [0, 0.05) is 0 Å². The van der Waals surface area contributed by atoms with E-state index in [2.05, 4.69) is 50.3 Å². The van der Waals surface area contributed by atoms with Gasteiger partial charge in [0.15, 0.2) is 0 Å². The summed E-state index contributed by atoms with van der Waals surface area (Å²) in [5.74, 6) is 0. The zero-order valence-electron chi connectivity index (χ0n) is 14.6. The maximum atomic E-state index is 3.32. The van der Waals surface area contributed by atoms with E-state index in [-0.39, 0.29) is 46.5 Å². The maximum Gasteiger partial charge on any atom is 4.00 e. The third-order valence-electron chi connectivity index (χ3n) is 3.63. The molecule has 0 radical (unpaired) electrons. The van der Waals surface area contributed by atoms with E-state index >= 15 is 0 Å². The molecule has 2 rings (SSSR count). The van der Waals surface area contributed by atoms with Crippen LogP contribution in [-0.2, 0) is 21.7 Å². The molecular weight excluding hydrogens is 359 g/mol. The standard InChI is InChI=1S/2C10H15.2ClH.Ti/c2*1-2-3-4-7-10-8-5-6-9-10;;;/h2*5,8H,2-4,6-7H2,1H3;2*1H;/q2*-1;;;+4/p-2. The second kappa shape index (κ2) is 20.3. The van der Waals surface area contributed by atoms with Crippen LogP contribution in [0.2, 0.25) is 0 Å². The number of allylic oxidation sites excluding steroid dienone is 8. The van der Waals surface area contributed by atoms with Gasteiger partial charge in [0.25, 0.3) is 0 Å². The molecule has 0 aliphatic heterocycles. The largest absolute Gasteiger partial charge is 4.00 e. The van der Waals surface area contributed by atoms with Crippen LogP contribution in [0.4, 0.5) is 0 Å². The van der Waals surface area contributed by atoms with Crippen LogP contribution in [0.5, 0.6) is 0 Å². The SMILES string of the molecule is CCCCCC1=[C-]CC=C1.CCCCCC1=[C-]CC=C1.[Cl-].[Cl-].[Ti+4]. The molecule has 0 nitrogen and oxygen atoms in total. The number of rotatable bonds is 8. The summed E-state index contributed by atoms with van der Waals surface area (Å²) in [4.78, 5) is 0. The van der Waals surface area contributed by atoms with Crippen molar-refractivity contribution in [1.82, 2.24) is 0 Å². The molecule has 23 heavy (non-hydrogen) atoms. The number of unbranched alkanes of at least 4 members (excludes halogenated alkanes) is 4. The molecule has 0 saturated heterocycles. The van der Waals surface area contributed by atoms with E-state index in [1.165, 1.54) is 62.5 Å². The summed E-state index contributed by atoms with van der Waals surface area (Å²) >= 11 is 0. The van der Waals surface area contributed by atoms with E-state index in [1.807, 2.05) is 0 Å². The summed E-state index contributed by atoms with van der Waals surface area (Å²) in [6.45, 7) is 4.48. The van der Waals surface area contributed by atoms with Crippen LogP contribution in [0, 0.1) is 12.2 Å². The Bertz CT molecular complexity index is 332. The van der Waals surface area contributed by atoms with Crippen molar-refractivity contribution in [2.24, 2.45) is 0 Å². The summed E-state index contributed by atoms with van der Waals surface area (Å²) in [5, 5.41) is 0. The minimum absolute atomic E-state index is 0. The predicted octanol–water partition coefficient (Wildman–Crippen LogP) is 0.518. The van der Waals surface area contributed by atoms with Gasteiger partial charge < -0.3 is 24.8 Å². The Morgan fingerprint density at radius 1 is 0.739 bits per heavy atom. The van der Waals surface area contributed by atoms with Crippen molar-refractivity contribution in [2.75, 3.05) is 0 Å². The number of hydrogen-bond donors (Lipinski definition) is 0. The molecule has 2 aliphatic rings. The molecule has 128 valence electrons. The average Bonchev–Trinajstić information content (AvgIpc) is 3.13. The van der Waals surface area contributed by atoms with Gasteiger partial charge in [-0.2, -0.15) is 12.2 Å². The fourth-order valence-electron chi connectivity index (χ4n) is 2.37. The van der Waals surface area contributed by atoms with Gasteiger partial charge >= 0.3 is 21.7 Å². The van der Waals surface area contributed by atoms with Gasteiger partial charge in [0.1, 0.15) is 0 Å². The fraction of sp³-hybridized carbons (Fsp3) is 0.600. The molecule has 0 bridgehead atoms. The zero-order chi connectivity index (χ0) is 14.5. The predicted molar refractivity (Wildman–Crippen MR) is 89.3 cm³/mol. The van der Waals surface area contributed by atoms with E-state index in [0.717, 1.165) is 12.8 Å². The van der Waals surface area contributed by atoms with Gasteiger partial charge in [-0.05, 0) is 0 Å². The van der Waals surface area contributed by atoms with Gasteiger partial charge in [-0.3, -0.25) is 12.2 Å². The quantitative estimate of drug-likeness (QED) is 0.323. The van der Waals surface area contributed by atoms with E-state index in [0.29, 0.717) is 0 Å². The topological polar surface area (TPSA) is 0 Å². The molecular formula is C20H30Cl2Ti. The maximum absolute atomic E-state index is 3.32. The van der Waals surface area contributed by atoms with Crippen LogP contribution in [0.1, 0.15) is 78.1 Å². The first-order chi connectivity index (χ1) is 9.86. The second-order valence-electron chi connectivity index (χ2n) is 5.53. The summed E-state index contributed by atoms with van der Waals surface area (Å²) in [6, 6.07) is 0. The molecule has 0 aromatic rings. The summed E-state index contributed by atoms with van der Waals surface area (Å²) in [5.41, 5.74) is 2.85. The Morgan fingerprint density at radius 2 is 1.13 bits per heavy atom. The van der Waals surface area contributed by atoms with Crippen LogP contribution < -0.4 is 24.8 Å². The van der Waals surface area contributed by atoms with Crippen molar-refractivity contribution in [3.8, 4) is 0 Å². The Labute approximate surface area is 171 Å². The minimum atomic E-state index is 0. The molecule has 0 unspecified atom stereocenters. The van der Waals surface area contributed by atoms with Crippen molar-refractivity contribution in [3.05, 3.63) is 47.6 Å². The summed E-state index contributed by atoms with van der Waals surface area (Å²) in [7, 11) is 0. The molecule has 0 aromatic heterocycles. The van der Waals surface area contributed by atoms with Crippen molar-refractivity contribution in [1.29, 1.82) is 0 Å². The Kier molecular flexibility index (Phi) is 24.8. The van der Waals surface area contributed by atoms with Gasteiger partial charge in [-0.15, -0.1) is 12.8 Å². The van der Waals surface area contributed by atoms with Crippen LogP contribution >= 0.6 is 0 Å². The molecule has 0 N–H and O–H groups in total. The zero-order valence-corrected chi connectivity index (χ0v) is 17.7. The van der Waals surface area contributed by atoms with Crippen molar-refractivity contribution in [2.45, 2.75) is 78.1 Å². The van der Waals surface area contributed by atoms with Crippen molar-refractivity contribution in [3.63, 3.8) is 0 Å². The van der Waals surface area contributed by atoms with Gasteiger partial charge in [0.2, 0.25) is 0 Å². The second-order valence-corrected chi connectivity index (χ2v) is 5.53. The van der Waals surface area contributed by atoms with E-state index in [9.17, 15) is 0 Å². The normalized spacial score (nSPS) is 13.8. The summed E-state index contributed by atoms with van der Waals surface area (Å²) in [6.07, 6.45) is 28.0. The molecule has 0 fully saturated rings. The third kappa shape index (κ3) is 15.5. The first kappa shape index (κ1) is 28.1. The van der Waals surface area contributed by atoms with E-state index < -0.39 is 0 Å². The fourth-order valence-corrected chi connectivity index (χ4v) is 2.37. The van der Waals surface area contributed by atoms with Crippen LogP contribution in [0.15, 0.2) is 35.5 Å². The molecule has 0 atom stereocenters. The molecule has 0 spiro atoms. The minimum Gasteiger partial charge on any atom is -1.00 e. The number of halogens is 2. The Morgan fingerprint density at radius 3 is 1.39 bits per heavy atom. The monoisotopic (exact) mass is 388 g/mol. The van der Waals surface area contributed by atoms with Gasteiger partial charge in [0.05, 0.1) is 0 Å². The van der Waals surface area contributed by atoms with E-state index in [1.54, 1.807) is 0 Å². The van der Waals surface area contributed by atoms with Gasteiger partial charge in [-0.1, -0.05) is 65.2 Å². The third-order valence-corrected chi connectivity index (χ3v) is 3.63. The van der Waals surface area contributed by atoms with Crippen LogP contribution in [0.3, 0.4) is 0 Å². The number of hydrogen-bond acceptors (Lipinski definition) is 0.